The third kappa shape index (κ3) is 3.80. The molecule has 0 bridgehead atoms. The molecule has 2 aromatic carbocycles. The van der Waals surface area contributed by atoms with Crippen LogP contribution in [0, 0.1) is 0 Å². The van der Waals surface area contributed by atoms with Crippen molar-refractivity contribution in [1.29, 1.82) is 0 Å². The van der Waals surface area contributed by atoms with Gasteiger partial charge in [0.15, 0.2) is 5.11 Å². The Hall–Kier alpha value is -2.86. The molecule has 3 rings (SSSR count). The first kappa shape index (κ1) is 17.0. The number of hydrogen-bond donors (Lipinski definition) is 2. The van der Waals surface area contributed by atoms with Crippen molar-refractivity contribution in [2.45, 2.75) is 13.0 Å². The van der Waals surface area contributed by atoms with E-state index in [-0.39, 0.29) is 0 Å². The molecule has 0 saturated carbocycles. The highest BCUT2D eigenvalue weighted by molar-refractivity contribution is 7.80. The Labute approximate surface area is 151 Å². The summed E-state index contributed by atoms with van der Waals surface area (Å²) in [6.07, 6.45) is 0. The molecule has 5 nitrogen and oxygen atoms in total. The molecule has 1 aliphatic rings. The van der Waals surface area contributed by atoms with E-state index in [9.17, 15) is 4.79 Å². The van der Waals surface area contributed by atoms with E-state index in [1.807, 2.05) is 54.6 Å². The van der Waals surface area contributed by atoms with Gasteiger partial charge in [-0.2, -0.15) is 0 Å². The number of methoxy groups -OCH3 is 1. The van der Waals surface area contributed by atoms with E-state index in [4.69, 9.17) is 21.7 Å². The first-order chi connectivity index (χ1) is 12.1. The molecule has 1 heterocycles. The van der Waals surface area contributed by atoms with E-state index in [0.717, 1.165) is 11.3 Å². The first-order valence-corrected chi connectivity index (χ1v) is 8.19. The number of ether oxygens (including phenoxy) is 2. The molecule has 0 fully saturated rings. The number of thiocarbonyl (C=S) groups is 1. The molecule has 1 atom stereocenters. The molecule has 0 amide bonds. The van der Waals surface area contributed by atoms with Crippen molar-refractivity contribution in [2.24, 2.45) is 0 Å². The zero-order valence-electron chi connectivity index (χ0n) is 13.9. The van der Waals surface area contributed by atoms with Crippen LogP contribution in [-0.4, -0.2) is 18.2 Å². The van der Waals surface area contributed by atoms with Crippen LogP contribution in [0.1, 0.15) is 18.5 Å². The fourth-order valence-electron chi connectivity index (χ4n) is 2.71. The average Bonchev–Trinajstić information content (AvgIpc) is 2.61. The van der Waals surface area contributed by atoms with E-state index in [1.54, 1.807) is 6.92 Å². The number of hydrogen-bond acceptors (Lipinski definition) is 4. The van der Waals surface area contributed by atoms with Gasteiger partial charge in [-0.15, -0.1) is 0 Å². The number of allylic oxidation sites excluding steroid dienone is 1. The van der Waals surface area contributed by atoms with Gasteiger partial charge in [-0.3, -0.25) is 0 Å². The van der Waals surface area contributed by atoms with Gasteiger partial charge < -0.3 is 20.1 Å². The summed E-state index contributed by atoms with van der Waals surface area (Å²) in [5, 5.41) is 6.55. The van der Waals surface area contributed by atoms with Crippen molar-refractivity contribution in [3.05, 3.63) is 71.4 Å². The molecular formula is C19H18N2O3S. The number of esters is 1. The maximum absolute atomic E-state index is 12.2. The number of rotatable bonds is 4. The van der Waals surface area contributed by atoms with Gasteiger partial charge in [-0.25, -0.2) is 4.79 Å². The van der Waals surface area contributed by atoms with Crippen LogP contribution < -0.4 is 15.4 Å². The number of nitrogens with one attached hydrogen (secondary N) is 2. The molecule has 0 aromatic heterocycles. The van der Waals surface area contributed by atoms with Crippen LogP contribution in [0.5, 0.6) is 11.5 Å². The Bertz CT molecular complexity index is 834. The lowest BCUT2D eigenvalue weighted by atomic mass is 9.95. The minimum atomic E-state index is -0.403. The molecule has 2 N–H and O–H groups in total. The van der Waals surface area contributed by atoms with Gasteiger partial charge in [0.2, 0.25) is 0 Å². The molecule has 6 heteroatoms. The number of benzene rings is 2. The van der Waals surface area contributed by atoms with Crippen LogP contribution in [-0.2, 0) is 9.53 Å². The fourth-order valence-corrected chi connectivity index (χ4v) is 2.98. The molecular weight excluding hydrogens is 336 g/mol. The topological polar surface area (TPSA) is 59.6 Å². The smallest absolute Gasteiger partial charge is 0.337 e. The highest BCUT2D eigenvalue weighted by Crippen LogP contribution is 2.31. The van der Waals surface area contributed by atoms with Gasteiger partial charge >= 0.3 is 5.97 Å². The van der Waals surface area contributed by atoms with Crippen molar-refractivity contribution in [3.63, 3.8) is 0 Å². The van der Waals surface area contributed by atoms with Crippen LogP contribution in [0.25, 0.3) is 0 Å². The second-order valence-electron chi connectivity index (χ2n) is 5.55. The van der Waals surface area contributed by atoms with Gasteiger partial charge in [0.1, 0.15) is 11.5 Å². The molecule has 1 aliphatic heterocycles. The van der Waals surface area contributed by atoms with Crippen molar-refractivity contribution in [1.82, 2.24) is 10.6 Å². The second kappa shape index (κ2) is 7.36. The molecule has 128 valence electrons. The highest BCUT2D eigenvalue weighted by atomic mass is 32.1. The van der Waals surface area contributed by atoms with Crippen LogP contribution >= 0.6 is 12.2 Å². The minimum Gasteiger partial charge on any atom is -0.466 e. The van der Waals surface area contributed by atoms with Gasteiger partial charge in [0.05, 0.1) is 18.7 Å². The number of carbonyl (C=O) groups excluding carboxylic acids is 1. The average molecular weight is 354 g/mol. The van der Waals surface area contributed by atoms with Gasteiger partial charge in [-0.05, 0) is 49.0 Å². The van der Waals surface area contributed by atoms with Gasteiger partial charge in [0.25, 0.3) is 0 Å². The lowest BCUT2D eigenvalue weighted by Crippen LogP contribution is -2.45. The lowest BCUT2D eigenvalue weighted by molar-refractivity contribution is -0.136. The van der Waals surface area contributed by atoms with E-state index < -0.39 is 12.0 Å². The summed E-state index contributed by atoms with van der Waals surface area (Å²) in [7, 11) is 1.36. The quantitative estimate of drug-likeness (QED) is 0.648. The zero-order chi connectivity index (χ0) is 17.8. The molecule has 0 saturated heterocycles. The monoisotopic (exact) mass is 354 g/mol. The maximum Gasteiger partial charge on any atom is 0.337 e. The van der Waals surface area contributed by atoms with E-state index >= 15 is 0 Å². The van der Waals surface area contributed by atoms with E-state index in [1.165, 1.54) is 7.11 Å². The fraction of sp³-hybridized carbons (Fsp3) is 0.158. The van der Waals surface area contributed by atoms with Crippen molar-refractivity contribution >= 4 is 23.3 Å². The van der Waals surface area contributed by atoms with Crippen molar-refractivity contribution < 1.29 is 14.3 Å². The van der Waals surface area contributed by atoms with Crippen molar-refractivity contribution in [3.8, 4) is 11.5 Å². The van der Waals surface area contributed by atoms with Crippen LogP contribution in [0.2, 0.25) is 0 Å². The molecule has 0 radical (unpaired) electrons. The summed E-state index contributed by atoms with van der Waals surface area (Å²) in [6, 6.07) is 16.7. The van der Waals surface area contributed by atoms with Crippen LogP contribution in [0.15, 0.2) is 65.9 Å². The normalized spacial score (nSPS) is 16.7. The summed E-state index contributed by atoms with van der Waals surface area (Å²) < 4.78 is 10.8. The predicted molar refractivity (Wildman–Crippen MR) is 99.3 cm³/mol. The molecule has 0 unspecified atom stereocenters. The Morgan fingerprint density at radius 3 is 2.52 bits per heavy atom. The second-order valence-corrected chi connectivity index (χ2v) is 5.96. The van der Waals surface area contributed by atoms with Gasteiger partial charge in [-0.1, -0.05) is 30.3 Å². The molecule has 0 spiro atoms. The van der Waals surface area contributed by atoms with E-state index in [2.05, 4.69) is 10.6 Å². The number of carbonyl (C=O) groups is 1. The maximum atomic E-state index is 12.2. The molecule has 0 aliphatic carbocycles. The largest absolute Gasteiger partial charge is 0.466 e. The summed E-state index contributed by atoms with van der Waals surface area (Å²) >= 11 is 5.23. The summed E-state index contributed by atoms with van der Waals surface area (Å²) in [5.74, 6) is 1.02. The highest BCUT2D eigenvalue weighted by Gasteiger charge is 2.30. The summed E-state index contributed by atoms with van der Waals surface area (Å²) in [6.45, 7) is 1.80. The SMILES string of the molecule is COC(=O)C1=C(C)NC(=S)N[C@H]1c1cccc(Oc2ccccc2)c1. The first-order valence-electron chi connectivity index (χ1n) is 7.78. The molecule has 25 heavy (non-hydrogen) atoms. The van der Waals surface area contributed by atoms with Crippen LogP contribution in [0.3, 0.4) is 0 Å². The number of para-hydroxylation sites is 1. The van der Waals surface area contributed by atoms with Crippen LogP contribution in [0.4, 0.5) is 0 Å². The lowest BCUT2D eigenvalue weighted by Gasteiger charge is -2.29. The van der Waals surface area contributed by atoms with Crippen molar-refractivity contribution in [2.75, 3.05) is 7.11 Å². The summed E-state index contributed by atoms with van der Waals surface area (Å²) in [4.78, 5) is 12.2. The summed E-state index contributed by atoms with van der Waals surface area (Å²) in [5.41, 5.74) is 2.03. The Morgan fingerprint density at radius 2 is 1.80 bits per heavy atom. The van der Waals surface area contributed by atoms with E-state index in [0.29, 0.717) is 22.1 Å². The minimum absolute atomic E-state index is 0.402. The third-order valence-corrected chi connectivity index (χ3v) is 4.06. The Kier molecular flexibility index (Phi) is 5.00. The van der Waals surface area contributed by atoms with Gasteiger partial charge in [0, 0.05) is 5.70 Å². The predicted octanol–water partition coefficient (Wildman–Crippen LogP) is 3.44. The Balaban J connectivity index is 1.94. The standard InChI is InChI=1S/C19H18N2O3S/c1-12-16(18(22)23-2)17(21-19(25)20-12)13-7-6-10-15(11-13)24-14-8-4-3-5-9-14/h3-11,17H,1-2H3,(H2,20,21,25)/t17-/m0/s1. The molecule has 2 aromatic rings. The Morgan fingerprint density at radius 1 is 1.08 bits per heavy atom. The third-order valence-electron chi connectivity index (χ3n) is 3.84. The zero-order valence-corrected chi connectivity index (χ0v) is 14.7.